The van der Waals surface area contributed by atoms with Gasteiger partial charge in [0, 0.05) is 21.1 Å². The number of carbonyl (C=O) groups excluding carboxylic acids is 1. The van der Waals surface area contributed by atoms with E-state index in [1.54, 1.807) is 21.1 Å². The van der Waals surface area contributed by atoms with E-state index < -0.39 is 0 Å². The summed E-state index contributed by atoms with van der Waals surface area (Å²) in [5.41, 5.74) is 0. The van der Waals surface area contributed by atoms with Gasteiger partial charge in [-0.3, -0.25) is 4.31 Å². The lowest BCUT2D eigenvalue weighted by Gasteiger charge is -2.16. The Morgan fingerprint density at radius 3 is 2.00 bits per heavy atom. The standard InChI is InChI=1S/C4H9ClN2OS/c1-6(2)4(8)7(3)9-5/h1-3H3. The van der Waals surface area contributed by atoms with Crippen molar-refractivity contribution in [2.45, 2.75) is 0 Å². The maximum absolute atomic E-state index is 10.8. The molecule has 0 atom stereocenters. The molecule has 0 saturated heterocycles. The molecule has 0 unspecified atom stereocenters. The number of amides is 2. The fraction of sp³-hybridized carbons (Fsp3) is 0.750. The Hall–Kier alpha value is -0.0900. The lowest BCUT2D eigenvalue weighted by Crippen LogP contribution is -2.31. The highest BCUT2D eigenvalue weighted by molar-refractivity contribution is 8.19. The topological polar surface area (TPSA) is 23.6 Å². The van der Waals surface area contributed by atoms with Gasteiger partial charge in [0.25, 0.3) is 0 Å². The Bertz CT molecular complexity index is 109. The molecule has 0 aromatic heterocycles. The van der Waals surface area contributed by atoms with Crippen LogP contribution >= 0.6 is 21.8 Å². The minimum Gasteiger partial charge on any atom is -0.330 e. The van der Waals surface area contributed by atoms with Crippen LogP contribution < -0.4 is 0 Å². The number of halogens is 1. The van der Waals surface area contributed by atoms with Crippen LogP contribution in [-0.4, -0.2) is 36.4 Å². The van der Waals surface area contributed by atoms with Crippen molar-refractivity contribution in [2.75, 3.05) is 21.1 Å². The van der Waals surface area contributed by atoms with Crippen molar-refractivity contribution in [1.82, 2.24) is 9.21 Å². The zero-order valence-electron chi connectivity index (χ0n) is 5.59. The van der Waals surface area contributed by atoms with Crippen molar-refractivity contribution in [3.05, 3.63) is 0 Å². The highest BCUT2D eigenvalue weighted by atomic mass is 35.7. The van der Waals surface area contributed by atoms with Crippen LogP contribution in [0.15, 0.2) is 0 Å². The summed E-state index contributed by atoms with van der Waals surface area (Å²) >= 11 is 0.876. The molecule has 0 fully saturated rings. The van der Waals surface area contributed by atoms with Crippen LogP contribution in [0.2, 0.25) is 0 Å². The molecule has 0 aromatic rings. The first-order chi connectivity index (χ1) is 4.09. The molecule has 3 nitrogen and oxygen atoms in total. The molecule has 0 N–H and O–H groups in total. The quantitative estimate of drug-likeness (QED) is 0.553. The van der Waals surface area contributed by atoms with Crippen LogP contribution in [0.4, 0.5) is 4.79 Å². The predicted octanol–water partition coefficient (Wildman–Crippen LogP) is 1.40. The maximum atomic E-state index is 10.8. The third-order valence-electron chi connectivity index (χ3n) is 0.755. The fourth-order valence-corrected chi connectivity index (χ4v) is 0.711. The molecule has 9 heavy (non-hydrogen) atoms. The van der Waals surface area contributed by atoms with Gasteiger partial charge in [0.05, 0.1) is 11.2 Å². The SMILES string of the molecule is CN(C)C(=O)N(C)SCl. The fourth-order valence-electron chi connectivity index (χ4n) is 0.311. The molecular formula is C4H9ClN2OS. The lowest BCUT2D eigenvalue weighted by atomic mass is 10.8. The number of urea groups is 1. The second kappa shape index (κ2) is 3.85. The molecule has 0 aromatic carbocycles. The summed E-state index contributed by atoms with van der Waals surface area (Å²) in [4.78, 5) is 12.3. The normalized spacial score (nSPS) is 8.89. The van der Waals surface area contributed by atoms with E-state index in [0.717, 1.165) is 11.2 Å². The Morgan fingerprint density at radius 2 is 1.89 bits per heavy atom. The average Bonchev–Trinajstić information content (AvgIpc) is 1.84. The molecule has 0 aliphatic heterocycles. The van der Waals surface area contributed by atoms with E-state index in [1.807, 2.05) is 0 Å². The van der Waals surface area contributed by atoms with E-state index in [-0.39, 0.29) is 6.03 Å². The Kier molecular flexibility index (Phi) is 3.81. The molecule has 2 amide bonds. The highest BCUT2D eigenvalue weighted by Crippen LogP contribution is 2.12. The van der Waals surface area contributed by atoms with Gasteiger partial charge in [-0.15, -0.1) is 0 Å². The molecule has 0 spiro atoms. The molecule has 5 heteroatoms. The smallest absolute Gasteiger partial charge is 0.330 e. The first kappa shape index (κ1) is 8.91. The van der Waals surface area contributed by atoms with Gasteiger partial charge in [-0.25, -0.2) is 4.79 Å². The van der Waals surface area contributed by atoms with Crippen molar-refractivity contribution in [1.29, 1.82) is 0 Å². The van der Waals surface area contributed by atoms with Crippen molar-refractivity contribution >= 4 is 27.9 Å². The largest absolute Gasteiger partial charge is 0.330 e. The Labute approximate surface area is 63.6 Å². The van der Waals surface area contributed by atoms with Crippen molar-refractivity contribution in [2.24, 2.45) is 0 Å². The van der Waals surface area contributed by atoms with Crippen LogP contribution in [0.5, 0.6) is 0 Å². The summed E-state index contributed by atoms with van der Waals surface area (Å²) in [6.07, 6.45) is 0. The van der Waals surface area contributed by atoms with Crippen LogP contribution in [-0.2, 0) is 0 Å². The Balaban J connectivity index is 3.73. The van der Waals surface area contributed by atoms with Gasteiger partial charge in [-0.05, 0) is 10.7 Å². The van der Waals surface area contributed by atoms with Crippen molar-refractivity contribution in [3.8, 4) is 0 Å². The van der Waals surface area contributed by atoms with E-state index in [4.69, 9.17) is 10.7 Å². The minimum atomic E-state index is -0.116. The van der Waals surface area contributed by atoms with Gasteiger partial charge in [0.15, 0.2) is 0 Å². The van der Waals surface area contributed by atoms with Crippen LogP contribution in [0.1, 0.15) is 0 Å². The number of rotatable bonds is 1. The number of carbonyl (C=O) groups is 1. The minimum absolute atomic E-state index is 0.116. The molecule has 0 saturated carbocycles. The van der Waals surface area contributed by atoms with E-state index in [9.17, 15) is 4.79 Å². The summed E-state index contributed by atoms with van der Waals surface area (Å²) in [6.45, 7) is 0. The molecular weight excluding hydrogens is 160 g/mol. The summed E-state index contributed by atoms with van der Waals surface area (Å²) < 4.78 is 1.33. The first-order valence-corrected chi connectivity index (χ1v) is 3.93. The number of hydrogen-bond donors (Lipinski definition) is 0. The second-order valence-electron chi connectivity index (χ2n) is 1.74. The molecule has 0 aliphatic rings. The lowest BCUT2D eigenvalue weighted by molar-refractivity contribution is 0.205. The molecule has 0 heterocycles. The second-order valence-corrected chi connectivity index (χ2v) is 2.84. The van der Waals surface area contributed by atoms with Crippen molar-refractivity contribution in [3.63, 3.8) is 0 Å². The summed E-state index contributed by atoms with van der Waals surface area (Å²) in [5, 5.41) is 0. The van der Waals surface area contributed by atoms with Crippen LogP contribution in [0.25, 0.3) is 0 Å². The molecule has 54 valence electrons. The van der Waals surface area contributed by atoms with E-state index in [1.165, 1.54) is 9.21 Å². The van der Waals surface area contributed by atoms with E-state index >= 15 is 0 Å². The highest BCUT2D eigenvalue weighted by Gasteiger charge is 2.08. The Morgan fingerprint density at radius 1 is 1.44 bits per heavy atom. The predicted molar refractivity (Wildman–Crippen MR) is 40.3 cm³/mol. The summed E-state index contributed by atoms with van der Waals surface area (Å²) in [5.74, 6) is 0. The number of hydrogen-bond acceptors (Lipinski definition) is 2. The van der Waals surface area contributed by atoms with Gasteiger partial charge in [-0.2, -0.15) is 0 Å². The summed E-state index contributed by atoms with van der Waals surface area (Å²) in [7, 11) is 10.2. The number of nitrogens with zero attached hydrogens (tertiary/aromatic N) is 2. The van der Waals surface area contributed by atoms with Gasteiger partial charge >= 0.3 is 6.03 Å². The summed E-state index contributed by atoms with van der Waals surface area (Å²) in [6, 6.07) is -0.116. The van der Waals surface area contributed by atoms with Crippen LogP contribution in [0.3, 0.4) is 0 Å². The first-order valence-electron chi connectivity index (χ1n) is 2.33. The molecule has 0 bridgehead atoms. The third-order valence-corrected chi connectivity index (χ3v) is 1.74. The van der Waals surface area contributed by atoms with Gasteiger partial charge in [0.1, 0.15) is 0 Å². The van der Waals surface area contributed by atoms with E-state index in [0.29, 0.717) is 0 Å². The van der Waals surface area contributed by atoms with Gasteiger partial charge in [-0.1, -0.05) is 0 Å². The monoisotopic (exact) mass is 168 g/mol. The molecule has 0 rings (SSSR count). The third kappa shape index (κ3) is 2.81. The molecule has 0 aliphatic carbocycles. The van der Waals surface area contributed by atoms with Gasteiger partial charge in [0.2, 0.25) is 0 Å². The zero-order valence-corrected chi connectivity index (χ0v) is 7.16. The average molecular weight is 169 g/mol. The van der Waals surface area contributed by atoms with E-state index in [2.05, 4.69) is 0 Å². The molecule has 0 radical (unpaired) electrons. The maximum Gasteiger partial charge on any atom is 0.330 e. The zero-order chi connectivity index (χ0) is 7.44. The van der Waals surface area contributed by atoms with Crippen LogP contribution in [0, 0.1) is 0 Å². The van der Waals surface area contributed by atoms with Crippen molar-refractivity contribution < 1.29 is 4.79 Å². The van der Waals surface area contributed by atoms with Gasteiger partial charge < -0.3 is 4.90 Å².